The van der Waals surface area contributed by atoms with Crippen LogP contribution in [0.5, 0.6) is 0 Å². The molecule has 0 aromatic heterocycles. The average Bonchev–Trinajstić information content (AvgIpc) is 2.64. The van der Waals surface area contributed by atoms with Crippen LogP contribution in [0.15, 0.2) is 41.8 Å². The summed E-state index contributed by atoms with van der Waals surface area (Å²) in [6, 6.07) is 0. The van der Waals surface area contributed by atoms with Crippen LogP contribution in [0.3, 0.4) is 0 Å². The van der Waals surface area contributed by atoms with Gasteiger partial charge in [-0.15, -0.1) is 6.58 Å². The molecule has 0 aliphatic rings. The van der Waals surface area contributed by atoms with E-state index in [1.165, 1.54) is 31.8 Å². The predicted molar refractivity (Wildman–Crippen MR) is 112 cm³/mol. The highest BCUT2D eigenvalue weighted by Gasteiger charge is 1.94. The lowest BCUT2D eigenvalue weighted by molar-refractivity contribution is 0.338. The van der Waals surface area contributed by atoms with Crippen molar-refractivity contribution in [2.75, 3.05) is 26.9 Å². The summed E-state index contributed by atoms with van der Waals surface area (Å²) in [5, 5.41) is 3.29. The highest BCUT2D eigenvalue weighted by atomic mass is 19.1. The number of hydrogen-bond donors (Lipinski definition) is 2. The van der Waals surface area contributed by atoms with Crippen molar-refractivity contribution in [3.8, 4) is 0 Å². The molecule has 0 bridgehead atoms. The number of rotatable bonds is 11. The van der Waals surface area contributed by atoms with Crippen molar-refractivity contribution in [3.63, 3.8) is 0 Å². The van der Waals surface area contributed by atoms with E-state index >= 15 is 0 Å². The van der Waals surface area contributed by atoms with Gasteiger partial charge in [0.2, 0.25) is 0 Å². The maximum absolute atomic E-state index is 10.5. The summed E-state index contributed by atoms with van der Waals surface area (Å²) in [6.45, 7) is 13.9. The van der Waals surface area contributed by atoms with Crippen molar-refractivity contribution in [1.29, 1.82) is 0 Å². The molecule has 0 unspecified atom stereocenters. The summed E-state index contributed by atoms with van der Waals surface area (Å²) >= 11 is 0. The first-order valence-electron chi connectivity index (χ1n) is 9.22. The van der Waals surface area contributed by atoms with Gasteiger partial charge in [-0.2, -0.15) is 0 Å². The minimum absolute atomic E-state index is 0.340. The first-order chi connectivity index (χ1) is 12.1. The smallest absolute Gasteiger partial charge is 0.0860 e. The zero-order chi connectivity index (χ0) is 19.8. The third kappa shape index (κ3) is 30.9. The fourth-order valence-electron chi connectivity index (χ4n) is 1.42. The molecule has 4 nitrogen and oxygen atoms in total. The van der Waals surface area contributed by atoms with Crippen LogP contribution in [0, 0.1) is 0 Å². The molecule has 3 N–H and O–H groups in total. The second kappa shape index (κ2) is 27.4. The molecule has 0 amide bonds. The summed E-state index contributed by atoms with van der Waals surface area (Å²) in [4.78, 5) is 6.18. The Hall–Kier alpha value is -1.46. The van der Waals surface area contributed by atoms with E-state index in [0.717, 1.165) is 25.3 Å². The van der Waals surface area contributed by atoms with Gasteiger partial charge < -0.3 is 11.1 Å². The van der Waals surface area contributed by atoms with E-state index in [-0.39, 0.29) is 0 Å². The Morgan fingerprint density at radius 1 is 1.28 bits per heavy atom. The summed E-state index contributed by atoms with van der Waals surface area (Å²) in [5.41, 5.74) is 6.33. The molecule has 0 rings (SSSR count). The Bertz CT molecular complexity index is 335. The van der Waals surface area contributed by atoms with Crippen molar-refractivity contribution in [2.45, 2.75) is 59.8 Å². The number of aliphatic imine (C=N–C) groups is 1. The van der Waals surface area contributed by atoms with Crippen molar-refractivity contribution in [2.24, 2.45) is 10.7 Å². The van der Waals surface area contributed by atoms with E-state index in [1.54, 1.807) is 13.1 Å². The Morgan fingerprint density at radius 2 is 1.92 bits per heavy atom. The van der Waals surface area contributed by atoms with Crippen LogP contribution in [0.1, 0.15) is 59.8 Å². The van der Waals surface area contributed by atoms with Crippen LogP contribution in [-0.4, -0.2) is 38.0 Å². The number of hydrogen-bond acceptors (Lipinski definition) is 4. The summed E-state index contributed by atoms with van der Waals surface area (Å²) in [6.07, 6.45) is 13.9. The summed E-state index contributed by atoms with van der Waals surface area (Å²) < 4.78 is 10.5. The topological polar surface area (TPSA) is 53.6 Å². The van der Waals surface area contributed by atoms with E-state index in [9.17, 15) is 4.39 Å². The maximum atomic E-state index is 10.5. The molecule has 0 aromatic rings. The lowest BCUT2D eigenvalue weighted by Crippen LogP contribution is -2.30. The van der Waals surface area contributed by atoms with Gasteiger partial charge in [0.1, 0.15) is 0 Å². The second-order valence-corrected chi connectivity index (χ2v) is 5.31. The van der Waals surface area contributed by atoms with Crippen LogP contribution >= 0.6 is 0 Å². The van der Waals surface area contributed by atoms with Crippen molar-refractivity contribution >= 4 is 6.21 Å². The Morgan fingerprint density at radius 3 is 2.32 bits per heavy atom. The van der Waals surface area contributed by atoms with Crippen LogP contribution in [0.25, 0.3) is 0 Å². The molecular formula is C20H41FN4. The van der Waals surface area contributed by atoms with E-state index in [0.29, 0.717) is 13.0 Å². The van der Waals surface area contributed by atoms with E-state index < -0.39 is 0 Å². The predicted octanol–water partition coefficient (Wildman–Crippen LogP) is 5.01. The van der Waals surface area contributed by atoms with E-state index in [2.05, 4.69) is 55.7 Å². The molecule has 0 heterocycles. The molecule has 25 heavy (non-hydrogen) atoms. The number of allylic oxidation sites excluding steroid dienone is 4. The molecular weight excluding hydrogens is 315 g/mol. The van der Waals surface area contributed by atoms with Gasteiger partial charge in [-0.3, -0.25) is 9.89 Å². The van der Waals surface area contributed by atoms with Crippen LogP contribution in [0.2, 0.25) is 0 Å². The van der Waals surface area contributed by atoms with Crippen LogP contribution < -0.4 is 11.1 Å². The number of nitrogens with two attached hydrogens (primary N) is 1. The van der Waals surface area contributed by atoms with E-state index in [4.69, 9.17) is 5.73 Å². The van der Waals surface area contributed by atoms with Crippen LogP contribution in [-0.2, 0) is 0 Å². The monoisotopic (exact) mass is 356 g/mol. The number of nitrogens with zero attached hydrogens (tertiary/aromatic N) is 2. The molecule has 0 aromatic carbocycles. The molecule has 0 aliphatic carbocycles. The first kappa shape index (κ1) is 28.3. The minimum atomic E-state index is 0.340. The lowest BCUT2D eigenvalue weighted by Gasteiger charge is -2.15. The summed E-state index contributed by atoms with van der Waals surface area (Å²) in [7, 11) is 2.07. The lowest BCUT2D eigenvalue weighted by atomic mass is 10.2. The van der Waals surface area contributed by atoms with Gasteiger partial charge in [0, 0.05) is 11.9 Å². The highest BCUT2D eigenvalue weighted by Crippen LogP contribution is 1.97. The van der Waals surface area contributed by atoms with Gasteiger partial charge in [-0.25, -0.2) is 4.39 Å². The second-order valence-electron chi connectivity index (χ2n) is 5.31. The Balaban J connectivity index is -0.000000365. The van der Waals surface area contributed by atoms with Gasteiger partial charge in [0.25, 0.3) is 0 Å². The standard InChI is InChI=1S/C10H22N4.C7H14.C3H5F/c1-4-6-10(7-12-8-11)13-9-14(3)5-2;1-3-5-7-6-4-2;1-2-3-4/h6-7,13H,4-5,8-9,11H2,1-3H3;3H,1,4-7H2,2H3;2-3H,1H3/b10-6+,12-7-;;3-2+. The zero-order valence-electron chi connectivity index (χ0n) is 17.1. The summed E-state index contributed by atoms with van der Waals surface area (Å²) in [5.74, 6) is 0. The van der Waals surface area contributed by atoms with Crippen LogP contribution in [0.4, 0.5) is 4.39 Å². The SMILES string of the molecule is C/C=C/F.C=CCCCCC.CC/C=C(\C=N/CN)NCN(C)CC. The molecule has 0 saturated carbocycles. The van der Waals surface area contributed by atoms with E-state index in [1.807, 2.05) is 6.08 Å². The molecule has 0 fully saturated rings. The average molecular weight is 357 g/mol. The van der Waals surface area contributed by atoms with Gasteiger partial charge in [-0.1, -0.05) is 51.8 Å². The number of nitrogens with one attached hydrogen (secondary N) is 1. The fraction of sp³-hybridized carbons (Fsp3) is 0.650. The molecule has 0 aliphatic heterocycles. The van der Waals surface area contributed by atoms with Gasteiger partial charge in [0.15, 0.2) is 0 Å². The van der Waals surface area contributed by atoms with Gasteiger partial charge in [0.05, 0.1) is 19.7 Å². The molecule has 0 radical (unpaired) electrons. The molecule has 148 valence electrons. The molecule has 0 spiro atoms. The number of unbranched alkanes of at least 4 members (excludes halogenated alkanes) is 3. The van der Waals surface area contributed by atoms with Crippen molar-refractivity contribution < 1.29 is 4.39 Å². The van der Waals surface area contributed by atoms with Gasteiger partial charge >= 0.3 is 0 Å². The first-order valence-corrected chi connectivity index (χ1v) is 9.22. The zero-order valence-corrected chi connectivity index (χ0v) is 17.1. The Labute approximate surface area is 155 Å². The minimum Gasteiger partial charge on any atom is -0.371 e. The van der Waals surface area contributed by atoms with Gasteiger partial charge in [-0.05, 0) is 39.8 Å². The largest absolute Gasteiger partial charge is 0.371 e. The van der Waals surface area contributed by atoms with Crippen molar-refractivity contribution in [3.05, 3.63) is 36.8 Å². The normalized spacial score (nSPS) is 11.1. The molecule has 0 atom stereocenters. The maximum Gasteiger partial charge on any atom is 0.0860 e. The Kier molecular flexibility index (Phi) is 31.1. The quantitative estimate of drug-likeness (QED) is 0.237. The fourth-order valence-corrected chi connectivity index (χ4v) is 1.42. The molecule has 0 saturated heterocycles. The third-order valence-electron chi connectivity index (χ3n) is 2.99. The number of halogens is 1. The third-order valence-corrected chi connectivity index (χ3v) is 2.99. The highest BCUT2D eigenvalue weighted by molar-refractivity contribution is 5.77. The van der Waals surface area contributed by atoms with Crippen molar-refractivity contribution in [1.82, 2.24) is 10.2 Å². The molecule has 5 heteroatoms.